The molecule has 0 fully saturated rings. The van der Waals surface area contributed by atoms with Gasteiger partial charge in [0.15, 0.2) is 0 Å². The van der Waals surface area contributed by atoms with Crippen molar-refractivity contribution in [1.29, 1.82) is 0 Å². The summed E-state index contributed by atoms with van der Waals surface area (Å²) in [6.07, 6.45) is 0. The summed E-state index contributed by atoms with van der Waals surface area (Å²) in [7, 11) is 0. The van der Waals surface area contributed by atoms with Crippen molar-refractivity contribution in [1.82, 2.24) is 5.32 Å². The van der Waals surface area contributed by atoms with E-state index in [1.807, 2.05) is 6.07 Å². The van der Waals surface area contributed by atoms with Gasteiger partial charge in [0.2, 0.25) is 0 Å². The summed E-state index contributed by atoms with van der Waals surface area (Å²) >= 11 is 0. The maximum atomic E-state index is 11.8. The lowest BCUT2D eigenvalue weighted by molar-refractivity contribution is -0.135. The molecule has 0 aliphatic heterocycles. The Morgan fingerprint density at radius 2 is 1.94 bits per heavy atom. The fourth-order valence-electron chi connectivity index (χ4n) is 1.71. The van der Waals surface area contributed by atoms with Crippen LogP contribution in [0, 0.1) is 0 Å². The number of carbonyl (C=O) groups is 2. The van der Waals surface area contributed by atoms with Crippen LogP contribution in [0.2, 0.25) is 0 Å². The van der Waals surface area contributed by atoms with E-state index < -0.39 is 18.4 Å². The Morgan fingerprint density at radius 1 is 1.17 bits per heavy atom. The van der Waals surface area contributed by atoms with Crippen molar-refractivity contribution in [2.24, 2.45) is 0 Å². The molecule has 3 N–H and O–H groups in total. The molecule has 0 saturated heterocycles. The number of carbonyl (C=O) groups excluding carboxylic acids is 1. The van der Waals surface area contributed by atoms with Crippen molar-refractivity contribution in [3.8, 4) is 5.75 Å². The van der Waals surface area contributed by atoms with E-state index in [2.05, 4.69) is 5.32 Å². The number of carboxylic acid groups (broad SMARTS) is 1. The number of aromatic hydroxyl groups is 1. The molecule has 0 spiro atoms. The van der Waals surface area contributed by atoms with Gasteiger partial charge < -0.3 is 15.5 Å². The molecule has 5 heteroatoms. The Bertz CT molecular complexity index is 621. The lowest BCUT2D eigenvalue weighted by Gasteiger charge is -2.06. The van der Waals surface area contributed by atoms with E-state index in [9.17, 15) is 14.7 Å². The van der Waals surface area contributed by atoms with Gasteiger partial charge in [0.25, 0.3) is 5.91 Å². The Labute approximate surface area is 103 Å². The summed E-state index contributed by atoms with van der Waals surface area (Å²) in [5, 5.41) is 21.6. The quantitative estimate of drug-likeness (QED) is 0.762. The van der Waals surface area contributed by atoms with Crippen molar-refractivity contribution in [2.75, 3.05) is 6.54 Å². The van der Waals surface area contributed by atoms with Crippen LogP contribution in [0.3, 0.4) is 0 Å². The standard InChI is InChI=1S/C13H11NO4/c15-9-5-4-8-2-1-3-10(11(8)6-9)13(18)14-7-12(16)17/h1-6,15H,7H2,(H,14,18)(H,16,17). The highest BCUT2D eigenvalue weighted by molar-refractivity contribution is 6.07. The SMILES string of the molecule is O=C(O)CNC(=O)c1cccc2ccc(O)cc12. The van der Waals surface area contributed by atoms with Gasteiger partial charge in [-0.25, -0.2) is 0 Å². The maximum Gasteiger partial charge on any atom is 0.322 e. The van der Waals surface area contributed by atoms with Crippen LogP contribution < -0.4 is 5.32 Å². The molecule has 0 aliphatic rings. The first-order valence-electron chi connectivity index (χ1n) is 5.29. The van der Waals surface area contributed by atoms with Gasteiger partial charge in [-0.05, 0) is 29.0 Å². The smallest absolute Gasteiger partial charge is 0.322 e. The molecule has 0 bridgehead atoms. The molecule has 5 nitrogen and oxygen atoms in total. The van der Waals surface area contributed by atoms with E-state index in [4.69, 9.17) is 5.11 Å². The molecule has 1 amide bonds. The minimum Gasteiger partial charge on any atom is -0.508 e. The van der Waals surface area contributed by atoms with Crippen molar-refractivity contribution in [2.45, 2.75) is 0 Å². The number of phenols is 1. The summed E-state index contributed by atoms with van der Waals surface area (Å²) in [4.78, 5) is 22.2. The molecule has 2 aromatic rings. The number of aliphatic carboxylic acids is 1. The van der Waals surface area contributed by atoms with Gasteiger partial charge in [-0.2, -0.15) is 0 Å². The van der Waals surface area contributed by atoms with E-state index in [0.717, 1.165) is 5.39 Å². The maximum absolute atomic E-state index is 11.8. The topological polar surface area (TPSA) is 86.6 Å². The average molecular weight is 245 g/mol. The van der Waals surface area contributed by atoms with E-state index in [0.29, 0.717) is 10.9 Å². The van der Waals surface area contributed by atoms with Gasteiger partial charge in [0.05, 0.1) is 0 Å². The second-order valence-corrected chi connectivity index (χ2v) is 3.79. The van der Waals surface area contributed by atoms with E-state index in [1.54, 1.807) is 18.2 Å². The average Bonchev–Trinajstić information content (AvgIpc) is 2.35. The Balaban J connectivity index is 2.40. The third-order valence-electron chi connectivity index (χ3n) is 2.51. The van der Waals surface area contributed by atoms with Crippen molar-refractivity contribution in [3.05, 3.63) is 42.0 Å². The van der Waals surface area contributed by atoms with Crippen LogP contribution in [0.4, 0.5) is 0 Å². The minimum atomic E-state index is -1.11. The van der Waals surface area contributed by atoms with Crippen LogP contribution in [0.25, 0.3) is 10.8 Å². The first kappa shape index (κ1) is 11.9. The molecule has 0 radical (unpaired) electrons. The zero-order valence-corrected chi connectivity index (χ0v) is 9.38. The largest absolute Gasteiger partial charge is 0.508 e. The van der Waals surface area contributed by atoms with Crippen LogP contribution in [-0.2, 0) is 4.79 Å². The second-order valence-electron chi connectivity index (χ2n) is 3.79. The van der Waals surface area contributed by atoms with Crippen molar-refractivity contribution in [3.63, 3.8) is 0 Å². The summed E-state index contributed by atoms with van der Waals surface area (Å²) in [5.41, 5.74) is 0.338. The zero-order valence-electron chi connectivity index (χ0n) is 9.38. The molecule has 0 aromatic heterocycles. The lowest BCUT2D eigenvalue weighted by Crippen LogP contribution is -2.29. The lowest BCUT2D eigenvalue weighted by atomic mass is 10.0. The highest BCUT2D eigenvalue weighted by atomic mass is 16.4. The number of rotatable bonds is 3. The Kier molecular flexibility index (Phi) is 3.14. The number of fused-ring (bicyclic) bond motifs is 1. The number of phenolic OH excluding ortho intramolecular Hbond substituents is 1. The molecule has 0 atom stereocenters. The molecule has 2 rings (SSSR count). The molecule has 0 saturated carbocycles. The van der Waals surface area contributed by atoms with Crippen LogP contribution in [-0.4, -0.2) is 28.6 Å². The molecular weight excluding hydrogens is 234 g/mol. The monoisotopic (exact) mass is 245 g/mol. The highest BCUT2D eigenvalue weighted by Crippen LogP contribution is 2.23. The Hall–Kier alpha value is -2.56. The second kappa shape index (κ2) is 4.75. The third kappa shape index (κ3) is 2.40. The minimum absolute atomic E-state index is 0.0565. The van der Waals surface area contributed by atoms with E-state index in [-0.39, 0.29) is 5.75 Å². The van der Waals surface area contributed by atoms with E-state index >= 15 is 0 Å². The van der Waals surface area contributed by atoms with Crippen LogP contribution in [0.5, 0.6) is 5.75 Å². The zero-order chi connectivity index (χ0) is 13.1. The molecule has 0 heterocycles. The van der Waals surface area contributed by atoms with Gasteiger partial charge in [-0.3, -0.25) is 9.59 Å². The Morgan fingerprint density at radius 3 is 2.67 bits per heavy atom. The fourth-order valence-corrected chi connectivity index (χ4v) is 1.71. The molecular formula is C13H11NO4. The van der Waals surface area contributed by atoms with Crippen LogP contribution in [0.1, 0.15) is 10.4 Å². The highest BCUT2D eigenvalue weighted by Gasteiger charge is 2.11. The number of nitrogens with one attached hydrogen (secondary N) is 1. The number of amides is 1. The summed E-state index contributed by atoms with van der Waals surface area (Å²) in [6, 6.07) is 9.79. The van der Waals surface area contributed by atoms with Crippen molar-refractivity contribution >= 4 is 22.6 Å². The predicted molar refractivity (Wildman–Crippen MR) is 65.6 cm³/mol. The van der Waals surface area contributed by atoms with E-state index in [1.165, 1.54) is 12.1 Å². The third-order valence-corrected chi connectivity index (χ3v) is 2.51. The van der Waals surface area contributed by atoms with Crippen molar-refractivity contribution < 1.29 is 19.8 Å². The predicted octanol–water partition coefficient (Wildman–Crippen LogP) is 1.36. The molecule has 0 aliphatic carbocycles. The van der Waals surface area contributed by atoms with Gasteiger partial charge in [0, 0.05) is 5.56 Å². The summed E-state index contributed by atoms with van der Waals surface area (Å²) < 4.78 is 0. The normalized spacial score (nSPS) is 10.2. The number of hydrogen-bond donors (Lipinski definition) is 3. The van der Waals surface area contributed by atoms with Crippen LogP contribution in [0.15, 0.2) is 36.4 Å². The molecule has 2 aromatic carbocycles. The van der Waals surface area contributed by atoms with Gasteiger partial charge in [-0.1, -0.05) is 18.2 Å². The molecule has 18 heavy (non-hydrogen) atoms. The first-order chi connectivity index (χ1) is 8.58. The summed E-state index contributed by atoms with van der Waals surface area (Å²) in [6.45, 7) is -0.436. The number of carboxylic acids is 1. The number of benzene rings is 2. The van der Waals surface area contributed by atoms with Gasteiger partial charge >= 0.3 is 5.97 Å². The van der Waals surface area contributed by atoms with Gasteiger partial charge in [0.1, 0.15) is 12.3 Å². The fraction of sp³-hybridized carbons (Fsp3) is 0.0769. The van der Waals surface area contributed by atoms with Gasteiger partial charge in [-0.15, -0.1) is 0 Å². The molecule has 0 unspecified atom stereocenters. The van der Waals surface area contributed by atoms with Crippen LogP contribution >= 0.6 is 0 Å². The summed E-state index contributed by atoms with van der Waals surface area (Å²) in [5.74, 6) is -1.53. The first-order valence-corrected chi connectivity index (χ1v) is 5.29. The number of hydrogen-bond acceptors (Lipinski definition) is 3. The molecule has 92 valence electrons.